The van der Waals surface area contributed by atoms with Crippen LogP contribution in [0.1, 0.15) is 35.3 Å². The van der Waals surface area contributed by atoms with Crippen molar-refractivity contribution in [3.63, 3.8) is 0 Å². The average Bonchev–Trinajstić information content (AvgIpc) is 3.07. The molecule has 0 bridgehead atoms. The fourth-order valence-corrected chi connectivity index (χ4v) is 6.90. The van der Waals surface area contributed by atoms with Crippen LogP contribution in [0, 0.1) is 6.92 Å². The quantitative estimate of drug-likeness (QED) is 0.146. The van der Waals surface area contributed by atoms with Gasteiger partial charge >= 0.3 is 0 Å². The van der Waals surface area contributed by atoms with Gasteiger partial charge in [0.2, 0.25) is 0 Å². The Kier molecular flexibility index (Phi) is 9.83. The molecule has 0 amide bonds. The second-order valence-electron chi connectivity index (χ2n) is 11.6. The largest absolute Gasteiger partial charge is 0.491 e. The van der Waals surface area contributed by atoms with Crippen molar-refractivity contribution in [3.8, 4) is 23.0 Å². The molecule has 6 rings (SSSR count). The van der Waals surface area contributed by atoms with E-state index in [0.717, 1.165) is 38.8 Å². The summed E-state index contributed by atoms with van der Waals surface area (Å²) in [5, 5.41) is 0. The maximum absolute atomic E-state index is 7.14. The van der Waals surface area contributed by atoms with Crippen LogP contribution < -0.4 is 18.9 Å². The molecule has 6 atom stereocenters. The summed E-state index contributed by atoms with van der Waals surface area (Å²) >= 11 is 0. The molecule has 1 heterocycles. The summed E-state index contributed by atoms with van der Waals surface area (Å²) in [6, 6.07) is 45.9. The van der Waals surface area contributed by atoms with Crippen molar-refractivity contribution in [2.45, 2.75) is 49.9 Å². The minimum absolute atomic E-state index is 0.266. The van der Waals surface area contributed by atoms with Gasteiger partial charge in [-0.1, -0.05) is 97.9 Å². The van der Waals surface area contributed by atoms with E-state index in [4.69, 9.17) is 23.7 Å². The smallest absolute Gasteiger partial charge is 0.178 e. The number of para-hydroxylation sites is 4. The van der Waals surface area contributed by atoms with E-state index in [0.29, 0.717) is 5.54 Å². The van der Waals surface area contributed by atoms with E-state index >= 15 is 0 Å². The highest BCUT2D eigenvalue weighted by Gasteiger charge is 2.52. The lowest BCUT2D eigenvalue weighted by Gasteiger charge is -2.46. The zero-order chi connectivity index (χ0) is 31.0. The summed E-state index contributed by atoms with van der Waals surface area (Å²) in [5.74, 6) is 2.96. The summed E-state index contributed by atoms with van der Waals surface area (Å²) in [4.78, 5) is 0. The first-order valence-corrected chi connectivity index (χ1v) is 16.8. The van der Waals surface area contributed by atoms with Crippen LogP contribution in [0.25, 0.3) is 0 Å². The third-order valence-electron chi connectivity index (χ3n) is 8.08. The van der Waals surface area contributed by atoms with Gasteiger partial charge in [-0.25, -0.2) is 0 Å². The number of hydrogen-bond acceptors (Lipinski definition) is 5. The summed E-state index contributed by atoms with van der Waals surface area (Å²) in [5.41, 5.74) is 4.08. The van der Waals surface area contributed by atoms with Crippen molar-refractivity contribution in [3.05, 3.63) is 156 Å². The molecule has 45 heavy (non-hydrogen) atoms. The molecule has 0 aromatic heterocycles. The Morgan fingerprint density at radius 2 is 1.04 bits per heavy atom. The van der Waals surface area contributed by atoms with E-state index in [1.165, 1.54) is 11.1 Å². The predicted octanol–water partition coefficient (Wildman–Crippen LogP) is 7.28. The van der Waals surface area contributed by atoms with Gasteiger partial charge in [0, 0.05) is 10.2 Å². The van der Waals surface area contributed by atoms with Crippen LogP contribution in [-0.2, 0) is 4.74 Å². The maximum Gasteiger partial charge on any atom is 0.178 e. The fraction of sp³-hybridized carbons (Fsp3) is 0.231. The molecule has 5 aromatic rings. The standard InChI is InChI=1S/C39H40O5Si/c1-27-16-15-25-33(35(27)28(2)45)36-38(42-31-21-11-5-12-22-31)39(43-32-23-13-6-14-24-32)37(41-30-19-9-4-10-20-30)34(44-36)26-40-29-17-7-3-8-18-29/h3-25,28,34,36-39H,26H2,1-2,45H3/t28?,34-,36-,37-,38-,39+/m1/s1. The first-order valence-electron chi connectivity index (χ1n) is 15.6. The van der Waals surface area contributed by atoms with Gasteiger partial charge < -0.3 is 23.7 Å². The highest BCUT2D eigenvalue weighted by atomic mass is 28.1. The van der Waals surface area contributed by atoms with Gasteiger partial charge in [0.15, 0.2) is 18.3 Å². The third-order valence-corrected chi connectivity index (χ3v) is 8.66. The molecule has 0 spiro atoms. The molecular weight excluding hydrogens is 577 g/mol. The van der Waals surface area contributed by atoms with Crippen molar-refractivity contribution in [2.75, 3.05) is 6.61 Å². The molecule has 1 unspecified atom stereocenters. The van der Waals surface area contributed by atoms with Gasteiger partial charge in [-0.05, 0) is 77.7 Å². The van der Waals surface area contributed by atoms with Crippen molar-refractivity contribution in [1.82, 2.24) is 0 Å². The summed E-state index contributed by atoms with van der Waals surface area (Å²) in [6.45, 7) is 4.73. The lowest BCUT2D eigenvalue weighted by Crippen LogP contribution is -2.62. The van der Waals surface area contributed by atoms with Crippen LogP contribution in [0.5, 0.6) is 23.0 Å². The van der Waals surface area contributed by atoms with Gasteiger partial charge in [0.25, 0.3) is 0 Å². The fourth-order valence-electron chi connectivity index (χ4n) is 6.11. The summed E-state index contributed by atoms with van der Waals surface area (Å²) in [6.07, 6.45) is -2.62. The van der Waals surface area contributed by atoms with Crippen LogP contribution in [0.4, 0.5) is 0 Å². The molecule has 0 N–H and O–H groups in total. The van der Waals surface area contributed by atoms with Crippen LogP contribution in [0.2, 0.25) is 0 Å². The monoisotopic (exact) mass is 616 g/mol. The van der Waals surface area contributed by atoms with E-state index in [1.807, 2.05) is 121 Å². The van der Waals surface area contributed by atoms with Crippen LogP contribution in [-0.4, -0.2) is 41.3 Å². The Balaban J connectivity index is 1.49. The normalized spacial score (nSPS) is 21.9. The number of ether oxygens (including phenoxy) is 5. The average molecular weight is 617 g/mol. The van der Waals surface area contributed by atoms with E-state index in [-0.39, 0.29) is 6.61 Å². The Morgan fingerprint density at radius 1 is 0.578 bits per heavy atom. The second-order valence-corrected chi connectivity index (χ2v) is 13.4. The van der Waals surface area contributed by atoms with E-state index in [1.54, 1.807) is 0 Å². The zero-order valence-corrected chi connectivity index (χ0v) is 28.0. The molecule has 0 radical (unpaired) electrons. The zero-order valence-electron chi connectivity index (χ0n) is 26.0. The third kappa shape index (κ3) is 7.41. The molecule has 6 heteroatoms. The Hall–Kier alpha value is -4.52. The first kappa shape index (κ1) is 30.5. The van der Waals surface area contributed by atoms with Crippen LogP contribution in [0.3, 0.4) is 0 Å². The van der Waals surface area contributed by atoms with E-state index in [2.05, 4.69) is 32.0 Å². The van der Waals surface area contributed by atoms with Crippen molar-refractivity contribution in [2.24, 2.45) is 0 Å². The minimum atomic E-state index is -0.567. The van der Waals surface area contributed by atoms with Gasteiger partial charge in [-0.2, -0.15) is 0 Å². The number of aryl methyl sites for hydroxylation is 1. The summed E-state index contributed by atoms with van der Waals surface area (Å²) in [7, 11) is 1.00. The maximum atomic E-state index is 7.14. The molecule has 1 aliphatic rings. The molecule has 1 saturated heterocycles. The van der Waals surface area contributed by atoms with Gasteiger partial charge in [-0.3, -0.25) is 0 Å². The lowest BCUT2D eigenvalue weighted by molar-refractivity contribution is -0.210. The lowest BCUT2D eigenvalue weighted by atomic mass is 9.86. The van der Waals surface area contributed by atoms with Crippen molar-refractivity contribution < 1.29 is 23.7 Å². The second kappa shape index (κ2) is 14.5. The number of benzene rings is 5. The molecule has 1 fully saturated rings. The van der Waals surface area contributed by atoms with Gasteiger partial charge in [0.1, 0.15) is 41.8 Å². The van der Waals surface area contributed by atoms with Gasteiger partial charge in [0.05, 0.1) is 0 Å². The SMILES string of the molecule is Cc1cccc([C@H]2O[C@H](COc3ccccc3)[C@@H](Oc3ccccc3)[C@H](Oc3ccccc3)[C@@H]2Oc2ccccc2)c1C(C)[SiH3]. The van der Waals surface area contributed by atoms with Crippen molar-refractivity contribution in [1.29, 1.82) is 0 Å². The Labute approximate surface area is 269 Å². The van der Waals surface area contributed by atoms with Gasteiger partial charge in [-0.15, -0.1) is 0 Å². The molecule has 230 valence electrons. The molecule has 0 aliphatic carbocycles. The molecule has 0 saturated carbocycles. The molecule has 1 aliphatic heterocycles. The van der Waals surface area contributed by atoms with E-state index in [9.17, 15) is 0 Å². The summed E-state index contributed by atoms with van der Waals surface area (Å²) < 4.78 is 34.1. The van der Waals surface area contributed by atoms with Crippen LogP contribution >= 0.6 is 0 Å². The number of hydrogen-bond donors (Lipinski definition) is 0. The topological polar surface area (TPSA) is 46.2 Å². The van der Waals surface area contributed by atoms with E-state index < -0.39 is 30.5 Å². The predicted molar refractivity (Wildman–Crippen MR) is 182 cm³/mol. The number of rotatable bonds is 11. The Morgan fingerprint density at radius 3 is 1.56 bits per heavy atom. The highest BCUT2D eigenvalue weighted by Crippen LogP contribution is 2.41. The highest BCUT2D eigenvalue weighted by molar-refractivity contribution is 6.12. The Bertz CT molecular complexity index is 1620. The molecular formula is C39H40O5Si. The van der Waals surface area contributed by atoms with Crippen molar-refractivity contribution >= 4 is 10.2 Å². The minimum Gasteiger partial charge on any atom is -0.491 e. The molecule has 5 nitrogen and oxygen atoms in total. The van der Waals surface area contributed by atoms with Crippen LogP contribution in [0.15, 0.2) is 140 Å². The molecule has 5 aromatic carbocycles. The first-order chi connectivity index (χ1) is 22.1.